The fraction of sp³-hybridized carbons (Fsp3) is 0.400. The molecule has 1 N–H and O–H groups in total. The maximum Gasteiger partial charge on any atom is 0.417 e. The van der Waals surface area contributed by atoms with E-state index in [0.717, 1.165) is 23.9 Å². The van der Waals surface area contributed by atoms with Crippen molar-refractivity contribution in [3.8, 4) is 0 Å². The zero-order chi connectivity index (χ0) is 13.8. The number of hydrogen-bond acceptors (Lipinski definition) is 4. The smallest absolute Gasteiger partial charge is 0.396 e. The second-order valence-electron chi connectivity index (χ2n) is 3.36. The third kappa shape index (κ3) is 3.88. The lowest BCUT2D eigenvalue weighted by molar-refractivity contribution is -0.385. The minimum absolute atomic E-state index is 0.0680. The molecule has 0 fully saturated rings. The highest BCUT2D eigenvalue weighted by molar-refractivity contribution is 7.99. The minimum Gasteiger partial charge on any atom is -0.396 e. The van der Waals surface area contributed by atoms with Gasteiger partial charge in [-0.2, -0.15) is 13.2 Å². The number of alkyl halides is 3. The standard InChI is InChI=1S/C10H10F3NO3S/c11-10(12,13)8-6-7(14(16)17)2-3-9(8)18-5-1-4-15/h2-3,6,15H,1,4-5H2. The van der Waals surface area contributed by atoms with Gasteiger partial charge in [0.05, 0.1) is 10.5 Å². The van der Waals surface area contributed by atoms with Crippen LogP contribution in [0.25, 0.3) is 0 Å². The summed E-state index contributed by atoms with van der Waals surface area (Å²) in [5, 5.41) is 19.0. The second-order valence-corrected chi connectivity index (χ2v) is 4.50. The fourth-order valence-electron chi connectivity index (χ4n) is 1.23. The number of non-ortho nitro benzene ring substituents is 1. The van der Waals surface area contributed by atoms with Gasteiger partial charge in [-0.15, -0.1) is 11.8 Å². The third-order valence-electron chi connectivity index (χ3n) is 2.04. The molecule has 0 saturated carbocycles. The van der Waals surface area contributed by atoms with E-state index in [0.29, 0.717) is 18.2 Å². The molecule has 0 bridgehead atoms. The lowest BCUT2D eigenvalue weighted by Gasteiger charge is -2.11. The highest BCUT2D eigenvalue weighted by Crippen LogP contribution is 2.38. The monoisotopic (exact) mass is 281 g/mol. The van der Waals surface area contributed by atoms with Gasteiger partial charge < -0.3 is 5.11 Å². The van der Waals surface area contributed by atoms with Gasteiger partial charge in [0.15, 0.2) is 0 Å². The zero-order valence-corrected chi connectivity index (χ0v) is 9.92. The number of nitrogens with zero attached hydrogens (tertiary/aromatic N) is 1. The van der Waals surface area contributed by atoms with Crippen molar-refractivity contribution in [1.82, 2.24) is 0 Å². The summed E-state index contributed by atoms with van der Waals surface area (Å²) in [6.07, 6.45) is -4.27. The summed E-state index contributed by atoms with van der Waals surface area (Å²) >= 11 is 0.916. The Kier molecular flexibility index (Phi) is 4.97. The second kappa shape index (κ2) is 6.05. The quantitative estimate of drug-likeness (QED) is 0.390. The SMILES string of the molecule is O=[N+]([O-])c1ccc(SCCCO)c(C(F)(F)F)c1. The molecule has 0 aliphatic rings. The van der Waals surface area contributed by atoms with Crippen molar-refractivity contribution in [2.45, 2.75) is 17.5 Å². The van der Waals surface area contributed by atoms with E-state index in [1.165, 1.54) is 0 Å². The number of nitro groups is 1. The molecule has 18 heavy (non-hydrogen) atoms. The zero-order valence-electron chi connectivity index (χ0n) is 9.11. The first kappa shape index (κ1) is 14.8. The number of thioether (sulfide) groups is 1. The van der Waals surface area contributed by atoms with Gasteiger partial charge in [0.1, 0.15) is 0 Å². The highest BCUT2D eigenvalue weighted by atomic mass is 32.2. The summed E-state index contributed by atoms with van der Waals surface area (Å²) in [4.78, 5) is 9.52. The number of rotatable bonds is 5. The molecular weight excluding hydrogens is 271 g/mol. The van der Waals surface area contributed by atoms with Gasteiger partial charge in [-0.1, -0.05) is 0 Å². The van der Waals surface area contributed by atoms with Crippen LogP contribution < -0.4 is 0 Å². The molecule has 0 unspecified atom stereocenters. The Bertz CT molecular complexity index is 437. The topological polar surface area (TPSA) is 63.4 Å². The van der Waals surface area contributed by atoms with E-state index in [9.17, 15) is 23.3 Å². The molecule has 100 valence electrons. The molecule has 4 nitrogen and oxygen atoms in total. The van der Waals surface area contributed by atoms with Crippen LogP contribution in [0.5, 0.6) is 0 Å². The van der Waals surface area contributed by atoms with Gasteiger partial charge in [-0.3, -0.25) is 10.1 Å². The summed E-state index contributed by atoms with van der Waals surface area (Å²) in [5.41, 5.74) is -1.60. The average Bonchev–Trinajstić information content (AvgIpc) is 2.28. The van der Waals surface area contributed by atoms with Gasteiger partial charge in [-0.05, 0) is 12.5 Å². The van der Waals surface area contributed by atoms with E-state index in [-0.39, 0.29) is 11.5 Å². The molecule has 0 aliphatic carbocycles. The van der Waals surface area contributed by atoms with E-state index >= 15 is 0 Å². The largest absolute Gasteiger partial charge is 0.417 e. The van der Waals surface area contributed by atoms with Crippen LogP contribution >= 0.6 is 11.8 Å². The third-order valence-corrected chi connectivity index (χ3v) is 3.20. The number of benzene rings is 1. The van der Waals surface area contributed by atoms with Crippen molar-refractivity contribution in [3.05, 3.63) is 33.9 Å². The molecule has 0 aromatic heterocycles. The first-order valence-electron chi connectivity index (χ1n) is 4.95. The Hall–Kier alpha value is -1.28. The predicted octanol–water partition coefficient (Wildman–Crippen LogP) is 3.09. The summed E-state index contributed by atoms with van der Waals surface area (Å²) < 4.78 is 38.1. The van der Waals surface area contributed by atoms with Gasteiger partial charge in [0, 0.05) is 29.4 Å². The van der Waals surface area contributed by atoms with Crippen LogP contribution in [0.2, 0.25) is 0 Å². The van der Waals surface area contributed by atoms with E-state index < -0.39 is 22.4 Å². The van der Waals surface area contributed by atoms with Crippen molar-refractivity contribution in [1.29, 1.82) is 0 Å². The van der Waals surface area contributed by atoms with Crippen molar-refractivity contribution in [3.63, 3.8) is 0 Å². The molecule has 0 atom stereocenters. The van der Waals surface area contributed by atoms with Gasteiger partial charge in [0.25, 0.3) is 5.69 Å². The Balaban J connectivity index is 3.05. The van der Waals surface area contributed by atoms with Crippen LogP contribution in [0.3, 0.4) is 0 Å². The van der Waals surface area contributed by atoms with Crippen LogP contribution in [-0.2, 0) is 6.18 Å². The fourth-order valence-corrected chi connectivity index (χ4v) is 2.21. The van der Waals surface area contributed by atoms with Crippen molar-refractivity contribution >= 4 is 17.4 Å². The molecule has 0 radical (unpaired) electrons. The molecular formula is C10H10F3NO3S. The molecule has 1 rings (SSSR count). The van der Waals surface area contributed by atoms with E-state index in [4.69, 9.17) is 5.11 Å². The first-order valence-corrected chi connectivity index (χ1v) is 5.94. The Morgan fingerprint density at radius 3 is 2.56 bits per heavy atom. The number of nitro benzene ring substituents is 1. The van der Waals surface area contributed by atoms with Gasteiger partial charge in [-0.25, -0.2) is 0 Å². The Morgan fingerprint density at radius 2 is 2.06 bits per heavy atom. The summed E-state index contributed by atoms with van der Waals surface area (Å²) in [7, 11) is 0. The molecule has 0 amide bonds. The number of aliphatic hydroxyl groups is 1. The van der Waals surface area contributed by atoms with Crippen molar-refractivity contribution in [2.24, 2.45) is 0 Å². The molecule has 0 saturated heterocycles. The number of halogens is 3. The number of aliphatic hydroxyl groups excluding tert-OH is 1. The Labute approximate surface area is 105 Å². The van der Waals surface area contributed by atoms with E-state index in [1.54, 1.807) is 0 Å². The summed E-state index contributed by atoms with van der Waals surface area (Å²) in [6.45, 7) is -0.110. The maximum absolute atomic E-state index is 12.7. The van der Waals surface area contributed by atoms with Crippen LogP contribution in [0.4, 0.5) is 18.9 Å². The van der Waals surface area contributed by atoms with E-state index in [2.05, 4.69) is 0 Å². The first-order chi connectivity index (χ1) is 8.36. The van der Waals surface area contributed by atoms with Crippen LogP contribution in [-0.4, -0.2) is 22.4 Å². The maximum atomic E-state index is 12.7. The van der Waals surface area contributed by atoms with Crippen LogP contribution in [0.15, 0.2) is 23.1 Å². The molecule has 1 aromatic rings. The lowest BCUT2D eigenvalue weighted by atomic mass is 10.2. The number of hydrogen-bond donors (Lipinski definition) is 1. The lowest BCUT2D eigenvalue weighted by Crippen LogP contribution is -2.08. The molecule has 0 heterocycles. The van der Waals surface area contributed by atoms with Crippen LogP contribution in [0, 0.1) is 10.1 Å². The molecule has 8 heteroatoms. The summed E-state index contributed by atoms with van der Waals surface area (Å²) in [5.74, 6) is 0.317. The van der Waals surface area contributed by atoms with Gasteiger partial charge >= 0.3 is 6.18 Å². The normalized spacial score (nSPS) is 11.6. The molecule has 1 aromatic carbocycles. The predicted molar refractivity (Wildman–Crippen MR) is 60.5 cm³/mol. The average molecular weight is 281 g/mol. The minimum atomic E-state index is -4.63. The summed E-state index contributed by atoms with van der Waals surface area (Å²) in [6, 6.07) is 2.65. The molecule has 0 aliphatic heterocycles. The highest BCUT2D eigenvalue weighted by Gasteiger charge is 2.35. The van der Waals surface area contributed by atoms with Gasteiger partial charge in [0.2, 0.25) is 0 Å². The van der Waals surface area contributed by atoms with E-state index in [1.807, 2.05) is 0 Å². The molecule has 0 spiro atoms. The van der Waals surface area contributed by atoms with Crippen LogP contribution in [0.1, 0.15) is 12.0 Å². The van der Waals surface area contributed by atoms with Crippen molar-refractivity contribution in [2.75, 3.05) is 12.4 Å². The Morgan fingerprint density at radius 1 is 1.39 bits per heavy atom. The van der Waals surface area contributed by atoms with Crippen molar-refractivity contribution < 1.29 is 23.2 Å².